The molecule has 2 amide bonds. The van der Waals surface area contributed by atoms with E-state index < -0.39 is 11.8 Å². The van der Waals surface area contributed by atoms with Gasteiger partial charge in [-0.15, -0.1) is 0 Å². The molecule has 172 valence electrons. The van der Waals surface area contributed by atoms with Crippen LogP contribution in [0.1, 0.15) is 16.7 Å². The van der Waals surface area contributed by atoms with Crippen molar-refractivity contribution >= 4 is 51.7 Å². The van der Waals surface area contributed by atoms with Crippen LogP contribution in [0.25, 0.3) is 16.8 Å². The van der Waals surface area contributed by atoms with Gasteiger partial charge in [0.2, 0.25) is 0 Å². The summed E-state index contributed by atoms with van der Waals surface area (Å²) in [7, 11) is 0. The van der Waals surface area contributed by atoms with Crippen molar-refractivity contribution in [2.24, 2.45) is 0 Å². The highest BCUT2D eigenvalue weighted by molar-refractivity contribution is 7.80. The van der Waals surface area contributed by atoms with E-state index in [4.69, 9.17) is 17.0 Å². The fourth-order valence-electron chi connectivity index (χ4n) is 4.09. The molecule has 0 aliphatic carbocycles. The number of thiocarbonyl (C=S) groups is 1. The number of benzene rings is 4. The average molecular weight is 479 g/mol. The Balaban J connectivity index is 1.35. The monoisotopic (exact) mass is 478 g/mol. The molecule has 0 spiro atoms. The second-order valence-electron chi connectivity index (χ2n) is 8.23. The molecule has 0 unspecified atom stereocenters. The first-order valence-electron chi connectivity index (χ1n) is 11.2. The van der Waals surface area contributed by atoms with Gasteiger partial charge in [0.25, 0.3) is 11.8 Å². The van der Waals surface area contributed by atoms with Crippen molar-refractivity contribution in [1.82, 2.24) is 5.32 Å². The van der Waals surface area contributed by atoms with Crippen molar-refractivity contribution in [1.29, 1.82) is 0 Å². The lowest BCUT2D eigenvalue weighted by atomic mass is 10.0. The third-order valence-corrected chi connectivity index (χ3v) is 6.25. The third kappa shape index (κ3) is 4.56. The van der Waals surface area contributed by atoms with Crippen molar-refractivity contribution < 1.29 is 14.3 Å². The van der Waals surface area contributed by atoms with Crippen molar-refractivity contribution in [3.8, 4) is 5.75 Å². The summed E-state index contributed by atoms with van der Waals surface area (Å²) in [5.41, 5.74) is 3.64. The molecule has 0 aromatic heterocycles. The molecule has 35 heavy (non-hydrogen) atoms. The Morgan fingerprint density at radius 1 is 0.886 bits per heavy atom. The number of anilines is 1. The summed E-state index contributed by atoms with van der Waals surface area (Å²) < 4.78 is 6.06. The van der Waals surface area contributed by atoms with Gasteiger partial charge in [0.15, 0.2) is 5.11 Å². The van der Waals surface area contributed by atoms with E-state index >= 15 is 0 Å². The summed E-state index contributed by atoms with van der Waals surface area (Å²) in [6, 6.07) is 28.8. The van der Waals surface area contributed by atoms with Crippen LogP contribution >= 0.6 is 12.2 Å². The minimum atomic E-state index is -0.515. The largest absolute Gasteiger partial charge is 0.489 e. The summed E-state index contributed by atoms with van der Waals surface area (Å²) in [5.74, 6) is -0.276. The predicted molar refractivity (Wildman–Crippen MR) is 142 cm³/mol. The van der Waals surface area contributed by atoms with Gasteiger partial charge >= 0.3 is 0 Å². The summed E-state index contributed by atoms with van der Waals surface area (Å²) in [5, 5.41) is 5.02. The van der Waals surface area contributed by atoms with E-state index in [9.17, 15) is 9.59 Å². The number of hydrogen-bond acceptors (Lipinski definition) is 4. The Hall–Kier alpha value is -4.29. The van der Waals surface area contributed by atoms with Crippen LogP contribution in [-0.2, 0) is 16.2 Å². The Morgan fingerprint density at radius 2 is 1.60 bits per heavy atom. The van der Waals surface area contributed by atoms with E-state index in [0.717, 1.165) is 5.56 Å². The van der Waals surface area contributed by atoms with Crippen LogP contribution < -0.4 is 15.0 Å². The molecule has 4 aromatic carbocycles. The number of carbonyl (C=O) groups is 2. The SMILES string of the molecule is Cc1ccc2ccccc2c1COc1ccc(/C=C2/C(=O)NC(=S)N(c3ccccc3)C2=O)cc1. The molecule has 0 radical (unpaired) electrons. The zero-order valence-electron chi connectivity index (χ0n) is 19.0. The minimum Gasteiger partial charge on any atom is -0.489 e. The van der Waals surface area contributed by atoms with Gasteiger partial charge in [0.05, 0.1) is 5.69 Å². The van der Waals surface area contributed by atoms with Crippen LogP contribution in [0.15, 0.2) is 96.6 Å². The quantitative estimate of drug-likeness (QED) is 0.232. The lowest BCUT2D eigenvalue weighted by Crippen LogP contribution is -2.54. The average Bonchev–Trinajstić information content (AvgIpc) is 2.87. The molecule has 1 aliphatic heterocycles. The zero-order chi connectivity index (χ0) is 24.4. The van der Waals surface area contributed by atoms with E-state index in [0.29, 0.717) is 23.6 Å². The van der Waals surface area contributed by atoms with Gasteiger partial charge in [0, 0.05) is 5.56 Å². The van der Waals surface area contributed by atoms with E-state index in [-0.39, 0.29) is 10.7 Å². The topological polar surface area (TPSA) is 58.6 Å². The Bertz CT molecular complexity index is 1480. The van der Waals surface area contributed by atoms with Gasteiger partial charge in [-0.3, -0.25) is 19.8 Å². The fourth-order valence-corrected chi connectivity index (χ4v) is 4.37. The molecule has 1 heterocycles. The highest BCUT2D eigenvalue weighted by atomic mass is 32.1. The maximum atomic E-state index is 13.1. The van der Waals surface area contributed by atoms with Crippen molar-refractivity contribution in [2.75, 3.05) is 4.90 Å². The molecule has 6 heteroatoms. The van der Waals surface area contributed by atoms with Gasteiger partial charge in [-0.2, -0.15) is 0 Å². The highest BCUT2D eigenvalue weighted by Gasteiger charge is 2.34. The van der Waals surface area contributed by atoms with Gasteiger partial charge in [-0.1, -0.05) is 66.7 Å². The van der Waals surface area contributed by atoms with E-state index in [1.807, 2.05) is 54.6 Å². The number of aryl methyl sites for hydroxylation is 1. The summed E-state index contributed by atoms with van der Waals surface area (Å²) in [6.45, 7) is 2.52. The van der Waals surface area contributed by atoms with Gasteiger partial charge in [-0.25, -0.2) is 0 Å². The third-order valence-electron chi connectivity index (χ3n) is 5.97. The Morgan fingerprint density at radius 3 is 2.37 bits per heavy atom. The molecule has 1 aliphatic rings. The van der Waals surface area contributed by atoms with Crippen molar-refractivity contribution in [3.63, 3.8) is 0 Å². The fraction of sp³-hybridized carbons (Fsp3) is 0.0690. The second-order valence-corrected chi connectivity index (χ2v) is 8.62. The van der Waals surface area contributed by atoms with Crippen LogP contribution in [-0.4, -0.2) is 16.9 Å². The van der Waals surface area contributed by atoms with Crippen LogP contribution in [0.2, 0.25) is 0 Å². The molecule has 4 aromatic rings. The highest BCUT2D eigenvalue weighted by Crippen LogP contribution is 2.25. The van der Waals surface area contributed by atoms with Crippen molar-refractivity contribution in [2.45, 2.75) is 13.5 Å². The van der Waals surface area contributed by atoms with Crippen LogP contribution in [0.4, 0.5) is 5.69 Å². The number of nitrogens with one attached hydrogen (secondary N) is 1. The Labute approximate surface area is 208 Å². The standard InChI is InChI=1S/C29H22N2O3S/c1-19-11-14-21-7-5-6-10-24(21)26(19)18-34-23-15-12-20(13-16-23)17-25-27(32)30-29(35)31(28(25)33)22-8-3-2-4-9-22/h2-17H,18H2,1H3,(H,30,32,35)/b25-17-. The summed E-state index contributed by atoms with van der Waals surface area (Å²) in [6.07, 6.45) is 1.56. The number of amides is 2. The zero-order valence-corrected chi connectivity index (χ0v) is 19.8. The predicted octanol–water partition coefficient (Wildman–Crippen LogP) is 5.56. The Kier molecular flexibility index (Phi) is 6.12. The molecule has 1 N–H and O–H groups in total. The van der Waals surface area contributed by atoms with Crippen LogP contribution in [0, 0.1) is 6.92 Å². The number of nitrogens with zero attached hydrogens (tertiary/aromatic N) is 1. The van der Waals surface area contributed by atoms with Crippen LogP contribution in [0.5, 0.6) is 5.75 Å². The summed E-state index contributed by atoms with van der Waals surface area (Å²) in [4.78, 5) is 26.9. The molecule has 1 saturated heterocycles. The number of para-hydroxylation sites is 1. The second kappa shape index (κ2) is 9.52. The first kappa shape index (κ1) is 22.5. The van der Waals surface area contributed by atoms with E-state index in [1.165, 1.54) is 21.2 Å². The molecule has 0 saturated carbocycles. The molecular formula is C29H22N2O3S. The van der Waals surface area contributed by atoms with Crippen molar-refractivity contribution in [3.05, 3.63) is 113 Å². The molecule has 0 atom stereocenters. The number of ether oxygens (including phenoxy) is 1. The summed E-state index contributed by atoms with van der Waals surface area (Å²) >= 11 is 5.24. The van der Waals surface area contributed by atoms with Gasteiger partial charge < -0.3 is 4.74 Å². The first-order chi connectivity index (χ1) is 17.0. The molecule has 1 fully saturated rings. The molecule has 5 rings (SSSR count). The lowest BCUT2D eigenvalue weighted by Gasteiger charge is -2.28. The lowest BCUT2D eigenvalue weighted by molar-refractivity contribution is -0.122. The normalized spacial score (nSPS) is 14.9. The first-order valence-corrected chi connectivity index (χ1v) is 11.6. The minimum absolute atomic E-state index is 0.0162. The molecule has 0 bridgehead atoms. The van der Waals surface area contributed by atoms with Crippen LogP contribution in [0.3, 0.4) is 0 Å². The number of rotatable bonds is 5. The number of carbonyl (C=O) groups excluding carboxylic acids is 2. The van der Waals surface area contributed by atoms with Gasteiger partial charge in [0.1, 0.15) is 17.9 Å². The smallest absolute Gasteiger partial charge is 0.270 e. The maximum Gasteiger partial charge on any atom is 0.270 e. The number of fused-ring (bicyclic) bond motifs is 1. The molecular weight excluding hydrogens is 456 g/mol. The van der Waals surface area contributed by atoms with E-state index in [1.54, 1.807) is 18.2 Å². The van der Waals surface area contributed by atoms with Gasteiger partial charge in [-0.05, 0) is 71.4 Å². The maximum absolute atomic E-state index is 13.1. The number of hydrogen-bond donors (Lipinski definition) is 1. The van der Waals surface area contributed by atoms with E-state index in [2.05, 4.69) is 36.5 Å². The molecule has 5 nitrogen and oxygen atoms in total.